The van der Waals surface area contributed by atoms with E-state index in [1.54, 1.807) is 32.0 Å². The van der Waals surface area contributed by atoms with Crippen LogP contribution in [0.1, 0.15) is 32.6 Å². The summed E-state index contributed by atoms with van der Waals surface area (Å²) in [7, 11) is -0.837. The molecular formula is C17H14F6LiOP. The molecule has 136 valence electrons. The summed E-state index contributed by atoms with van der Waals surface area (Å²) in [6, 6.07) is 6.66. The molecule has 0 heterocycles. The van der Waals surface area contributed by atoms with E-state index in [0.717, 1.165) is 5.56 Å². The van der Waals surface area contributed by atoms with Crippen molar-refractivity contribution in [3.8, 4) is 0 Å². The molecular weight excluding hydrogens is 372 g/mol. The van der Waals surface area contributed by atoms with Crippen LogP contribution in [0.4, 0.5) is 26.3 Å². The third-order valence-corrected chi connectivity index (χ3v) is 4.83. The predicted molar refractivity (Wildman–Crippen MR) is 91.8 cm³/mol. The Morgan fingerprint density at radius 2 is 1.38 bits per heavy atom. The summed E-state index contributed by atoms with van der Waals surface area (Å²) < 4.78 is 78.9. The van der Waals surface area contributed by atoms with Crippen molar-refractivity contribution < 1.29 is 31.1 Å². The van der Waals surface area contributed by atoms with E-state index in [1.165, 1.54) is 0 Å². The minimum absolute atomic E-state index is 0. The van der Waals surface area contributed by atoms with Gasteiger partial charge in [0.1, 0.15) is 0 Å². The van der Waals surface area contributed by atoms with Gasteiger partial charge in [-0.15, -0.1) is 0 Å². The number of halogens is 6. The van der Waals surface area contributed by atoms with Crippen molar-refractivity contribution in [3.05, 3.63) is 64.2 Å². The van der Waals surface area contributed by atoms with Gasteiger partial charge in [0.25, 0.3) is 0 Å². The van der Waals surface area contributed by atoms with Crippen LogP contribution in [-0.2, 0) is 12.4 Å². The quantitative estimate of drug-likeness (QED) is 0.419. The summed E-state index contributed by atoms with van der Waals surface area (Å²) >= 11 is 0. The van der Waals surface area contributed by atoms with E-state index in [9.17, 15) is 31.1 Å². The SMILES string of the molecule is Cc1ccc(C)c(PC(=O)c2c(C(F)(F)F)cccc2C(F)(F)F)c1.[LiH]. The summed E-state index contributed by atoms with van der Waals surface area (Å²) in [5, 5.41) is 0.426. The van der Waals surface area contributed by atoms with Crippen LogP contribution in [-0.4, -0.2) is 24.4 Å². The van der Waals surface area contributed by atoms with Gasteiger partial charge in [-0.1, -0.05) is 29.8 Å². The number of carbonyl (C=O) groups excluding carboxylic acids is 1. The van der Waals surface area contributed by atoms with Crippen molar-refractivity contribution in [2.75, 3.05) is 0 Å². The fraction of sp³-hybridized carbons (Fsp3) is 0.235. The van der Waals surface area contributed by atoms with Crippen LogP contribution in [0.5, 0.6) is 0 Å². The molecule has 0 aromatic heterocycles. The average molecular weight is 386 g/mol. The predicted octanol–water partition coefficient (Wildman–Crippen LogP) is 4.84. The average Bonchev–Trinajstić information content (AvgIpc) is 2.48. The minimum atomic E-state index is -5.06. The van der Waals surface area contributed by atoms with Crippen molar-refractivity contribution >= 4 is 38.3 Å². The van der Waals surface area contributed by atoms with Gasteiger partial charge >= 0.3 is 31.2 Å². The third-order valence-electron chi connectivity index (χ3n) is 3.54. The molecule has 0 spiro atoms. The van der Waals surface area contributed by atoms with Crippen molar-refractivity contribution in [3.63, 3.8) is 0 Å². The Labute approximate surface area is 160 Å². The summed E-state index contributed by atoms with van der Waals surface area (Å²) in [5.74, 6) is 0. The van der Waals surface area contributed by atoms with Crippen molar-refractivity contribution in [1.29, 1.82) is 0 Å². The molecule has 0 saturated carbocycles. The molecule has 1 atom stereocenters. The second-order valence-corrected chi connectivity index (χ2v) is 6.74. The summed E-state index contributed by atoms with van der Waals surface area (Å²) in [6.07, 6.45) is -10.1. The first-order chi connectivity index (χ1) is 11.4. The maximum atomic E-state index is 13.1. The van der Waals surface area contributed by atoms with Crippen LogP contribution in [0, 0.1) is 13.8 Å². The molecule has 0 fully saturated rings. The standard InChI is InChI=1S/C17H13F6OP.Li.H/c1-9-6-7-10(2)13(8-9)25-15(24)14-11(16(18,19)20)4-3-5-12(14)17(21,22)23;;/h3-8,25H,1-2H3;;. The molecule has 9 heteroatoms. The Kier molecular flexibility index (Phi) is 7.15. The molecule has 26 heavy (non-hydrogen) atoms. The number of alkyl halides is 6. The number of rotatable bonds is 3. The van der Waals surface area contributed by atoms with E-state index < -0.39 is 43.1 Å². The van der Waals surface area contributed by atoms with Crippen LogP contribution in [0.15, 0.2) is 36.4 Å². The Morgan fingerprint density at radius 3 is 1.85 bits per heavy atom. The fourth-order valence-corrected chi connectivity index (χ4v) is 3.54. The molecule has 0 aliphatic carbocycles. The van der Waals surface area contributed by atoms with Gasteiger partial charge < -0.3 is 0 Å². The van der Waals surface area contributed by atoms with Gasteiger partial charge in [0.15, 0.2) is 5.52 Å². The summed E-state index contributed by atoms with van der Waals surface area (Å²) in [6.45, 7) is 3.37. The summed E-state index contributed by atoms with van der Waals surface area (Å²) in [5.41, 5.74) is -4.23. The van der Waals surface area contributed by atoms with E-state index in [2.05, 4.69) is 0 Å². The van der Waals surface area contributed by atoms with Gasteiger partial charge in [-0.05, 0) is 45.4 Å². The van der Waals surface area contributed by atoms with Gasteiger partial charge in [-0.25, -0.2) is 0 Å². The first-order valence-electron chi connectivity index (χ1n) is 7.07. The number of aryl methyl sites for hydroxylation is 2. The van der Waals surface area contributed by atoms with Gasteiger partial charge in [-0.2, -0.15) is 26.3 Å². The van der Waals surface area contributed by atoms with Crippen LogP contribution < -0.4 is 5.30 Å². The zero-order valence-corrected chi connectivity index (χ0v) is 14.1. The Bertz CT molecular complexity index is 782. The number of hydrogen-bond donors (Lipinski definition) is 0. The molecule has 2 rings (SSSR count). The molecule has 1 nitrogen and oxygen atoms in total. The molecule has 1 unspecified atom stereocenters. The van der Waals surface area contributed by atoms with Gasteiger partial charge in [0.2, 0.25) is 0 Å². The Hall–Kier alpha value is -1.28. The maximum absolute atomic E-state index is 13.1. The third kappa shape index (κ3) is 5.13. The molecule has 0 N–H and O–H groups in total. The molecule has 2 aromatic rings. The van der Waals surface area contributed by atoms with Gasteiger partial charge in [0, 0.05) is 5.56 Å². The molecule has 0 radical (unpaired) electrons. The number of carbonyl (C=O) groups is 1. The molecule has 0 bridgehead atoms. The van der Waals surface area contributed by atoms with Gasteiger partial charge in [-0.3, -0.25) is 4.79 Å². The number of hydrogen-bond acceptors (Lipinski definition) is 1. The van der Waals surface area contributed by atoms with Gasteiger partial charge in [0.05, 0.1) is 11.1 Å². The number of benzene rings is 2. The molecule has 0 aliphatic heterocycles. The first-order valence-corrected chi connectivity index (χ1v) is 8.07. The van der Waals surface area contributed by atoms with E-state index in [4.69, 9.17) is 0 Å². The zero-order valence-electron chi connectivity index (χ0n) is 13.1. The molecule has 0 amide bonds. The second kappa shape index (κ2) is 8.17. The van der Waals surface area contributed by atoms with E-state index in [-0.39, 0.29) is 18.9 Å². The zero-order chi connectivity index (χ0) is 19.0. The Balaban J connectivity index is 0.00000338. The monoisotopic (exact) mass is 386 g/mol. The fourth-order valence-electron chi connectivity index (χ4n) is 2.32. The molecule has 0 aliphatic rings. The van der Waals surface area contributed by atoms with E-state index in [1.807, 2.05) is 0 Å². The normalized spacial score (nSPS) is 12.3. The molecule has 0 saturated heterocycles. The van der Waals surface area contributed by atoms with Crippen LogP contribution in [0.25, 0.3) is 0 Å². The van der Waals surface area contributed by atoms with Crippen LogP contribution in [0.3, 0.4) is 0 Å². The summed E-state index contributed by atoms with van der Waals surface area (Å²) in [4.78, 5) is 12.4. The second-order valence-electron chi connectivity index (χ2n) is 5.50. The first kappa shape index (κ1) is 22.8. The van der Waals surface area contributed by atoms with Crippen LogP contribution in [0.2, 0.25) is 0 Å². The van der Waals surface area contributed by atoms with Crippen LogP contribution >= 0.6 is 8.58 Å². The Morgan fingerprint density at radius 1 is 0.885 bits per heavy atom. The van der Waals surface area contributed by atoms with Crippen molar-refractivity contribution in [2.45, 2.75) is 26.2 Å². The molecule has 2 aromatic carbocycles. The topological polar surface area (TPSA) is 17.1 Å². The van der Waals surface area contributed by atoms with Crippen molar-refractivity contribution in [1.82, 2.24) is 0 Å². The van der Waals surface area contributed by atoms with Crippen molar-refractivity contribution in [2.24, 2.45) is 0 Å². The van der Waals surface area contributed by atoms with E-state index in [0.29, 0.717) is 29.1 Å². The van der Waals surface area contributed by atoms with E-state index >= 15 is 0 Å².